The second-order valence-electron chi connectivity index (χ2n) is 4.20. The van der Waals surface area contributed by atoms with E-state index in [-0.39, 0.29) is 11.4 Å². The van der Waals surface area contributed by atoms with Crippen LogP contribution in [0.5, 0.6) is 11.5 Å². The lowest BCUT2D eigenvalue weighted by molar-refractivity contribution is -0.141. The van der Waals surface area contributed by atoms with Gasteiger partial charge in [0.25, 0.3) is 0 Å². The van der Waals surface area contributed by atoms with Gasteiger partial charge in [-0.3, -0.25) is 0 Å². The Bertz CT molecular complexity index is 594. The maximum absolute atomic E-state index is 12.6. The lowest BCUT2D eigenvalue weighted by Gasteiger charge is -2.11. The molecule has 0 aliphatic carbocycles. The number of nitrogens with two attached hydrogens (primary N) is 1. The Labute approximate surface area is 114 Å². The molecule has 1 heterocycles. The smallest absolute Gasteiger partial charge is 0.433 e. The first-order valence-electron chi connectivity index (χ1n) is 5.99. The molecule has 106 valence electrons. The Hall–Kier alpha value is -2.24. The van der Waals surface area contributed by atoms with Gasteiger partial charge in [-0.1, -0.05) is 19.1 Å². The van der Waals surface area contributed by atoms with Crippen molar-refractivity contribution in [1.82, 2.24) is 4.98 Å². The average Bonchev–Trinajstić information content (AvgIpc) is 2.41. The fourth-order valence-corrected chi connectivity index (χ4v) is 1.61. The number of aryl methyl sites for hydroxylation is 1. The molecule has 0 spiro atoms. The van der Waals surface area contributed by atoms with Gasteiger partial charge in [0, 0.05) is 6.07 Å². The number of anilines is 1. The van der Waals surface area contributed by atoms with Gasteiger partial charge in [0.15, 0.2) is 5.75 Å². The molecule has 0 amide bonds. The Kier molecular flexibility index (Phi) is 3.83. The van der Waals surface area contributed by atoms with E-state index < -0.39 is 11.9 Å². The maximum atomic E-state index is 12.6. The molecular weight excluding hydrogens is 269 g/mol. The van der Waals surface area contributed by atoms with E-state index in [9.17, 15) is 13.2 Å². The molecule has 1 aromatic heterocycles. The van der Waals surface area contributed by atoms with E-state index in [1.54, 1.807) is 12.1 Å². The van der Waals surface area contributed by atoms with E-state index >= 15 is 0 Å². The monoisotopic (exact) mass is 282 g/mol. The molecule has 20 heavy (non-hydrogen) atoms. The molecule has 0 saturated carbocycles. The summed E-state index contributed by atoms with van der Waals surface area (Å²) < 4.78 is 43.1. The number of rotatable bonds is 3. The molecule has 1 aromatic carbocycles. The van der Waals surface area contributed by atoms with Crippen molar-refractivity contribution in [3.8, 4) is 11.5 Å². The molecule has 2 aromatic rings. The number of halogens is 3. The van der Waals surface area contributed by atoms with Crippen molar-refractivity contribution < 1.29 is 17.9 Å². The molecule has 0 unspecified atom stereocenters. The minimum Gasteiger partial charge on any atom is -0.455 e. The quantitative estimate of drug-likeness (QED) is 0.924. The van der Waals surface area contributed by atoms with Gasteiger partial charge in [0.1, 0.15) is 11.4 Å². The van der Waals surface area contributed by atoms with Crippen LogP contribution in [-0.2, 0) is 12.6 Å². The Morgan fingerprint density at radius 2 is 1.85 bits per heavy atom. The molecule has 0 radical (unpaired) electrons. The first kappa shape index (κ1) is 14.2. The number of hydrogen-bond donors (Lipinski definition) is 1. The predicted molar refractivity (Wildman–Crippen MR) is 69.5 cm³/mol. The standard InChI is InChI=1S/C14H13F3N2O/c1-2-9-3-5-10(6-4-9)20-12-7-13(14(15,16)17)19-8-11(12)18/h3-8H,2,18H2,1H3. The van der Waals surface area contributed by atoms with Crippen molar-refractivity contribution in [2.75, 3.05) is 5.73 Å². The highest BCUT2D eigenvalue weighted by atomic mass is 19.4. The Morgan fingerprint density at radius 3 is 2.40 bits per heavy atom. The van der Waals surface area contributed by atoms with Crippen molar-refractivity contribution >= 4 is 5.69 Å². The van der Waals surface area contributed by atoms with Gasteiger partial charge in [-0.25, -0.2) is 4.98 Å². The van der Waals surface area contributed by atoms with E-state index in [2.05, 4.69) is 4.98 Å². The van der Waals surface area contributed by atoms with Crippen molar-refractivity contribution in [1.29, 1.82) is 0 Å². The number of nitrogen functional groups attached to an aromatic ring is 1. The summed E-state index contributed by atoms with van der Waals surface area (Å²) in [7, 11) is 0. The molecule has 2 N–H and O–H groups in total. The number of ether oxygens (including phenoxy) is 1. The van der Waals surface area contributed by atoms with E-state index in [0.29, 0.717) is 5.75 Å². The molecule has 6 heteroatoms. The van der Waals surface area contributed by atoms with Gasteiger partial charge in [-0.2, -0.15) is 13.2 Å². The maximum Gasteiger partial charge on any atom is 0.433 e. The van der Waals surface area contributed by atoms with Crippen LogP contribution in [0.4, 0.5) is 18.9 Å². The number of hydrogen-bond acceptors (Lipinski definition) is 3. The molecule has 0 bridgehead atoms. The third kappa shape index (κ3) is 3.20. The normalized spacial score (nSPS) is 11.4. The number of nitrogens with zero attached hydrogens (tertiary/aromatic N) is 1. The van der Waals surface area contributed by atoms with Gasteiger partial charge in [0.05, 0.1) is 11.9 Å². The van der Waals surface area contributed by atoms with Gasteiger partial charge in [0.2, 0.25) is 0 Å². The van der Waals surface area contributed by atoms with E-state index in [4.69, 9.17) is 10.5 Å². The molecule has 0 aliphatic rings. The van der Waals surface area contributed by atoms with E-state index in [1.807, 2.05) is 19.1 Å². The summed E-state index contributed by atoms with van der Waals surface area (Å²) >= 11 is 0. The van der Waals surface area contributed by atoms with Crippen LogP contribution < -0.4 is 10.5 Å². The van der Waals surface area contributed by atoms with Gasteiger partial charge < -0.3 is 10.5 Å². The lowest BCUT2D eigenvalue weighted by atomic mass is 10.2. The predicted octanol–water partition coefficient (Wildman–Crippen LogP) is 4.04. The second-order valence-corrected chi connectivity index (χ2v) is 4.20. The van der Waals surface area contributed by atoms with Crippen LogP contribution in [0.25, 0.3) is 0 Å². The lowest BCUT2D eigenvalue weighted by Crippen LogP contribution is -2.08. The molecule has 0 saturated heterocycles. The summed E-state index contributed by atoms with van der Waals surface area (Å²) in [6, 6.07) is 7.86. The first-order valence-corrected chi connectivity index (χ1v) is 5.99. The van der Waals surface area contributed by atoms with E-state index in [1.165, 1.54) is 0 Å². The molecule has 0 atom stereocenters. The second kappa shape index (κ2) is 5.40. The highest BCUT2D eigenvalue weighted by Crippen LogP contribution is 2.34. The Balaban J connectivity index is 2.27. The third-order valence-electron chi connectivity index (χ3n) is 2.74. The summed E-state index contributed by atoms with van der Waals surface area (Å²) in [6.07, 6.45) is -2.72. The van der Waals surface area contributed by atoms with Crippen LogP contribution in [-0.4, -0.2) is 4.98 Å². The van der Waals surface area contributed by atoms with Crippen LogP contribution in [0.15, 0.2) is 36.5 Å². The van der Waals surface area contributed by atoms with Crippen LogP contribution in [0.2, 0.25) is 0 Å². The summed E-state index contributed by atoms with van der Waals surface area (Å²) in [5.41, 5.74) is 5.71. The third-order valence-corrected chi connectivity index (χ3v) is 2.74. The highest BCUT2D eigenvalue weighted by Gasteiger charge is 2.33. The zero-order valence-corrected chi connectivity index (χ0v) is 10.7. The van der Waals surface area contributed by atoms with Gasteiger partial charge in [-0.05, 0) is 24.1 Å². The van der Waals surface area contributed by atoms with Gasteiger partial charge in [-0.15, -0.1) is 0 Å². The summed E-state index contributed by atoms with van der Waals surface area (Å²) in [6.45, 7) is 2.01. The molecule has 0 aliphatic heterocycles. The summed E-state index contributed by atoms with van der Waals surface area (Å²) in [4.78, 5) is 3.25. The highest BCUT2D eigenvalue weighted by molar-refractivity contribution is 5.53. The summed E-state index contributed by atoms with van der Waals surface area (Å²) in [5.74, 6) is 0.366. The van der Waals surface area contributed by atoms with Crippen molar-refractivity contribution in [2.24, 2.45) is 0 Å². The Morgan fingerprint density at radius 1 is 1.20 bits per heavy atom. The van der Waals surface area contributed by atoms with Crippen molar-refractivity contribution in [2.45, 2.75) is 19.5 Å². The zero-order chi connectivity index (χ0) is 14.8. The van der Waals surface area contributed by atoms with Crippen LogP contribution in [0.1, 0.15) is 18.2 Å². The number of alkyl halides is 3. The number of aromatic nitrogens is 1. The fourth-order valence-electron chi connectivity index (χ4n) is 1.61. The van der Waals surface area contributed by atoms with Crippen LogP contribution in [0.3, 0.4) is 0 Å². The minimum atomic E-state index is -4.53. The first-order chi connectivity index (χ1) is 9.40. The topological polar surface area (TPSA) is 48.1 Å². The summed E-state index contributed by atoms with van der Waals surface area (Å²) in [5, 5.41) is 0. The minimum absolute atomic E-state index is 0.0533. The average molecular weight is 282 g/mol. The molecule has 2 rings (SSSR count). The van der Waals surface area contributed by atoms with Crippen molar-refractivity contribution in [3.05, 3.63) is 47.8 Å². The van der Waals surface area contributed by atoms with Crippen LogP contribution >= 0.6 is 0 Å². The zero-order valence-electron chi connectivity index (χ0n) is 10.7. The molecular formula is C14H13F3N2O. The fraction of sp³-hybridized carbons (Fsp3) is 0.214. The van der Waals surface area contributed by atoms with Crippen LogP contribution in [0, 0.1) is 0 Å². The largest absolute Gasteiger partial charge is 0.455 e. The van der Waals surface area contributed by atoms with Gasteiger partial charge >= 0.3 is 6.18 Å². The van der Waals surface area contributed by atoms with Crippen molar-refractivity contribution in [3.63, 3.8) is 0 Å². The number of benzene rings is 1. The number of pyridine rings is 1. The van der Waals surface area contributed by atoms with E-state index in [0.717, 1.165) is 24.2 Å². The molecule has 3 nitrogen and oxygen atoms in total. The molecule has 0 fully saturated rings. The SMILES string of the molecule is CCc1ccc(Oc2cc(C(F)(F)F)ncc2N)cc1.